The Labute approximate surface area is 191 Å². The molecule has 172 valence electrons. The van der Waals surface area contributed by atoms with Crippen molar-refractivity contribution >= 4 is 23.8 Å². The van der Waals surface area contributed by atoms with E-state index in [0.717, 1.165) is 22.3 Å². The molecular formula is C25H26N2O6. The van der Waals surface area contributed by atoms with Crippen LogP contribution in [0.1, 0.15) is 55.6 Å². The van der Waals surface area contributed by atoms with Crippen LogP contribution in [-0.4, -0.2) is 41.5 Å². The molecule has 1 unspecified atom stereocenters. The predicted molar refractivity (Wildman–Crippen MR) is 118 cm³/mol. The van der Waals surface area contributed by atoms with E-state index in [9.17, 15) is 19.2 Å². The quantitative estimate of drug-likeness (QED) is 0.355. The van der Waals surface area contributed by atoms with Crippen molar-refractivity contribution in [1.82, 2.24) is 5.06 Å². The number of nitrogens with two attached hydrogens (primary N) is 1. The van der Waals surface area contributed by atoms with Crippen LogP contribution in [0.4, 0.5) is 0 Å². The van der Waals surface area contributed by atoms with Crippen LogP contribution in [0.2, 0.25) is 0 Å². The topological polar surface area (TPSA) is 116 Å². The molecule has 33 heavy (non-hydrogen) atoms. The summed E-state index contributed by atoms with van der Waals surface area (Å²) in [6, 6.07) is 15.4. The Morgan fingerprint density at radius 1 is 0.939 bits per heavy atom. The Hall–Kier alpha value is -3.52. The third-order valence-corrected chi connectivity index (χ3v) is 6.00. The summed E-state index contributed by atoms with van der Waals surface area (Å²) in [4.78, 5) is 52.0. The number of unbranched alkanes of at least 4 members (excludes halogenated alkanes) is 1. The van der Waals surface area contributed by atoms with Gasteiger partial charge in [-0.25, -0.2) is 4.79 Å². The minimum Gasteiger partial charge on any atom is -0.464 e. The number of benzene rings is 2. The minimum absolute atomic E-state index is 0.0223. The summed E-state index contributed by atoms with van der Waals surface area (Å²) < 4.78 is 5.55. The molecule has 0 bridgehead atoms. The molecule has 1 heterocycles. The fourth-order valence-electron chi connectivity index (χ4n) is 4.27. The first-order valence-electron chi connectivity index (χ1n) is 11.1. The van der Waals surface area contributed by atoms with E-state index >= 15 is 0 Å². The van der Waals surface area contributed by atoms with Crippen molar-refractivity contribution in [2.75, 3.05) is 6.61 Å². The van der Waals surface area contributed by atoms with Gasteiger partial charge < -0.3 is 15.3 Å². The average molecular weight is 450 g/mol. The zero-order valence-electron chi connectivity index (χ0n) is 18.2. The number of carbonyl (C=O) groups excluding carboxylic acids is 4. The number of imide groups is 1. The van der Waals surface area contributed by atoms with Gasteiger partial charge >= 0.3 is 11.9 Å². The number of amides is 2. The molecule has 2 N–H and O–H groups in total. The van der Waals surface area contributed by atoms with Gasteiger partial charge in [0.1, 0.15) is 12.6 Å². The fraction of sp³-hybridized carbons (Fsp3) is 0.360. The highest BCUT2D eigenvalue weighted by Crippen LogP contribution is 2.44. The molecule has 2 aromatic rings. The van der Waals surface area contributed by atoms with Gasteiger partial charge in [-0.2, -0.15) is 0 Å². The molecule has 0 spiro atoms. The van der Waals surface area contributed by atoms with E-state index in [-0.39, 0.29) is 31.8 Å². The summed E-state index contributed by atoms with van der Waals surface area (Å²) in [7, 11) is 0. The van der Waals surface area contributed by atoms with Crippen molar-refractivity contribution in [3.8, 4) is 11.1 Å². The first-order chi connectivity index (χ1) is 16.0. The van der Waals surface area contributed by atoms with Crippen LogP contribution in [0.3, 0.4) is 0 Å². The van der Waals surface area contributed by atoms with Crippen LogP contribution < -0.4 is 5.73 Å². The van der Waals surface area contributed by atoms with Crippen LogP contribution in [0, 0.1) is 0 Å². The van der Waals surface area contributed by atoms with Crippen molar-refractivity contribution in [3.05, 3.63) is 59.7 Å². The number of ether oxygens (including phenoxy) is 1. The van der Waals surface area contributed by atoms with Crippen molar-refractivity contribution < 1.29 is 28.8 Å². The summed E-state index contributed by atoms with van der Waals surface area (Å²) in [5.41, 5.74) is 10.6. The zero-order valence-corrected chi connectivity index (χ0v) is 18.2. The maximum Gasteiger partial charge on any atom is 0.333 e. The van der Waals surface area contributed by atoms with E-state index in [1.807, 2.05) is 24.3 Å². The third kappa shape index (κ3) is 4.96. The first kappa shape index (κ1) is 22.7. The van der Waals surface area contributed by atoms with E-state index in [0.29, 0.717) is 24.3 Å². The minimum atomic E-state index is -0.797. The van der Waals surface area contributed by atoms with Crippen molar-refractivity contribution in [2.45, 2.75) is 50.5 Å². The number of carbonyl (C=O) groups is 4. The van der Waals surface area contributed by atoms with Crippen molar-refractivity contribution in [3.63, 3.8) is 0 Å². The van der Waals surface area contributed by atoms with Gasteiger partial charge in [-0.15, -0.1) is 5.06 Å². The molecule has 1 fully saturated rings. The largest absolute Gasteiger partial charge is 0.464 e. The van der Waals surface area contributed by atoms with Gasteiger partial charge in [0.05, 0.1) is 0 Å². The summed E-state index contributed by atoms with van der Waals surface area (Å²) in [5, 5.41) is 0.532. The van der Waals surface area contributed by atoms with Gasteiger partial charge in [0, 0.05) is 25.2 Å². The smallest absolute Gasteiger partial charge is 0.333 e. The molecule has 0 aromatic heterocycles. The van der Waals surface area contributed by atoms with E-state index in [4.69, 9.17) is 15.3 Å². The number of hydrogen-bond donors (Lipinski definition) is 1. The molecule has 0 radical (unpaired) electrons. The zero-order chi connectivity index (χ0) is 23.4. The molecule has 2 aromatic carbocycles. The fourth-order valence-corrected chi connectivity index (χ4v) is 4.27. The average Bonchev–Trinajstić information content (AvgIpc) is 3.32. The maximum absolute atomic E-state index is 12.4. The van der Waals surface area contributed by atoms with Gasteiger partial charge in [0.2, 0.25) is 0 Å². The van der Waals surface area contributed by atoms with Gasteiger partial charge in [-0.05, 0) is 35.1 Å². The summed E-state index contributed by atoms with van der Waals surface area (Å²) in [6.07, 6.45) is 1.41. The third-order valence-electron chi connectivity index (χ3n) is 6.00. The summed E-state index contributed by atoms with van der Waals surface area (Å²) >= 11 is 0. The van der Waals surface area contributed by atoms with Gasteiger partial charge in [0.25, 0.3) is 11.8 Å². The normalized spacial score (nSPS) is 15.8. The van der Waals surface area contributed by atoms with E-state index < -0.39 is 29.8 Å². The lowest BCUT2D eigenvalue weighted by atomic mass is 9.98. The van der Waals surface area contributed by atoms with Gasteiger partial charge in [0.15, 0.2) is 0 Å². The number of hydroxylamine groups is 2. The molecule has 4 rings (SSSR count). The first-order valence-corrected chi connectivity index (χ1v) is 11.1. The Bertz CT molecular complexity index is 1020. The highest BCUT2D eigenvalue weighted by Gasteiger charge is 2.33. The van der Waals surface area contributed by atoms with E-state index in [2.05, 4.69) is 24.3 Å². The van der Waals surface area contributed by atoms with Crippen molar-refractivity contribution in [2.24, 2.45) is 5.73 Å². The Morgan fingerprint density at radius 2 is 1.52 bits per heavy atom. The van der Waals surface area contributed by atoms with Gasteiger partial charge in [-0.1, -0.05) is 55.0 Å². The molecular weight excluding hydrogens is 424 g/mol. The van der Waals surface area contributed by atoms with Gasteiger partial charge in [-0.3, -0.25) is 14.4 Å². The highest BCUT2D eigenvalue weighted by molar-refractivity contribution is 6.01. The maximum atomic E-state index is 12.4. The summed E-state index contributed by atoms with van der Waals surface area (Å²) in [6.45, 7) is 0.213. The molecule has 2 amide bonds. The molecule has 0 saturated carbocycles. The number of fused-ring (bicyclic) bond motifs is 3. The lowest BCUT2D eigenvalue weighted by Crippen LogP contribution is -2.33. The lowest BCUT2D eigenvalue weighted by molar-refractivity contribution is -0.197. The predicted octanol–water partition coefficient (Wildman–Crippen LogP) is 2.84. The number of esters is 1. The van der Waals surface area contributed by atoms with Crippen molar-refractivity contribution in [1.29, 1.82) is 0 Å². The number of rotatable bonds is 9. The molecule has 1 aliphatic heterocycles. The Morgan fingerprint density at radius 3 is 2.12 bits per heavy atom. The molecule has 8 nitrogen and oxygen atoms in total. The second-order valence-electron chi connectivity index (χ2n) is 8.25. The Kier molecular flexibility index (Phi) is 6.84. The standard InChI is InChI=1S/C25H26N2O6/c26-21(11-5-6-12-24(30)33-27-22(28)13-14-23(27)29)25(31)32-15-20-18-9-3-1-7-16(18)17-8-2-4-10-19(17)20/h1-4,7-10,20-21H,5-6,11-15,26H2. The molecule has 1 saturated heterocycles. The van der Waals surface area contributed by atoms with Crippen LogP contribution in [0.5, 0.6) is 0 Å². The number of nitrogens with zero attached hydrogens (tertiary/aromatic N) is 1. The van der Waals surface area contributed by atoms with E-state index in [1.54, 1.807) is 0 Å². The molecule has 8 heteroatoms. The molecule has 1 atom stereocenters. The van der Waals surface area contributed by atoms with Crippen LogP contribution in [0.25, 0.3) is 11.1 Å². The monoisotopic (exact) mass is 450 g/mol. The second-order valence-corrected chi connectivity index (χ2v) is 8.25. The number of hydrogen-bond acceptors (Lipinski definition) is 7. The lowest BCUT2D eigenvalue weighted by Gasteiger charge is -2.16. The van der Waals surface area contributed by atoms with Crippen LogP contribution in [0.15, 0.2) is 48.5 Å². The Balaban J connectivity index is 1.21. The second kappa shape index (κ2) is 9.95. The SMILES string of the molecule is NC(CCCCC(=O)ON1C(=O)CCC1=O)C(=O)OCC1c2ccccc2-c2ccccc21. The molecule has 1 aliphatic carbocycles. The van der Waals surface area contributed by atoms with Crippen LogP contribution >= 0.6 is 0 Å². The molecule has 2 aliphatic rings. The van der Waals surface area contributed by atoms with E-state index in [1.165, 1.54) is 0 Å². The highest BCUT2D eigenvalue weighted by atomic mass is 16.7. The van der Waals surface area contributed by atoms with Crippen LogP contribution in [-0.2, 0) is 28.8 Å². The summed E-state index contributed by atoms with van der Waals surface area (Å²) in [5.74, 6) is -2.18.